The molecule has 0 aliphatic rings. The molecular weight excluding hydrogens is 256 g/mol. The van der Waals surface area contributed by atoms with Gasteiger partial charge in [0.05, 0.1) is 0 Å². The fourth-order valence-corrected chi connectivity index (χ4v) is 1.86. The van der Waals surface area contributed by atoms with E-state index in [0.717, 1.165) is 0 Å². The van der Waals surface area contributed by atoms with Crippen molar-refractivity contribution in [2.24, 2.45) is 5.92 Å². The summed E-state index contributed by atoms with van der Waals surface area (Å²) >= 11 is 0. The first-order valence-electron chi connectivity index (χ1n) is 6.80. The van der Waals surface area contributed by atoms with Crippen molar-refractivity contribution in [2.45, 2.75) is 26.3 Å². The van der Waals surface area contributed by atoms with Crippen molar-refractivity contribution in [3.05, 3.63) is 35.9 Å². The number of hydrogen-bond donors (Lipinski definition) is 3. The van der Waals surface area contributed by atoms with Crippen LogP contribution in [0.3, 0.4) is 0 Å². The number of carboxylic acids is 1. The van der Waals surface area contributed by atoms with Gasteiger partial charge in [-0.15, -0.1) is 0 Å². The number of hydrogen-bond acceptors (Lipinski definition) is 3. The number of benzene rings is 1. The van der Waals surface area contributed by atoms with E-state index in [4.69, 9.17) is 5.11 Å². The average Bonchev–Trinajstić information content (AvgIpc) is 2.42. The molecule has 5 nitrogen and oxygen atoms in total. The van der Waals surface area contributed by atoms with E-state index in [0.29, 0.717) is 31.0 Å². The molecule has 0 heterocycles. The van der Waals surface area contributed by atoms with Gasteiger partial charge in [0.15, 0.2) is 0 Å². The van der Waals surface area contributed by atoms with Gasteiger partial charge in [0.25, 0.3) is 5.91 Å². The van der Waals surface area contributed by atoms with Crippen molar-refractivity contribution in [1.82, 2.24) is 10.6 Å². The van der Waals surface area contributed by atoms with Gasteiger partial charge in [-0.1, -0.05) is 32.0 Å². The van der Waals surface area contributed by atoms with Crippen LogP contribution >= 0.6 is 0 Å². The highest BCUT2D eigenvalue weighted by atomic mass is 16.4. The molecule has 20 heavy (non-hydrogen) atoms. The van der Waals surface area contributed by atoms with Crippen LogP contribution in [0.1, 0.15) is 30.6 Å². The molecule has 0 saturated heterocycles. The Bertz CT molecular complexity index is 432. The molecule has 0 spiro atoms. The number of carboxylic acid groups (broad SMARTS) is 1. The molecule has 1 rings (SSSR count). The van der Waals surface area contributed by atoms with Gasteiger partial charge in [-0.2, -0.15) is 0 Å². The molecule has 1 atom stereocenters. The van der Waals surface area contributed by atoms with Gasteiger partial charge in [-0.25, -0.2) is 0 Å². The highest BCUT2D eigenvalue weighted by Crippen LogP contribution is 2.04. The number of carbonyl (C=O) groups is 2. The summed E-state index contributed by atoms with van der Waals surface area (Å²) in [7, 11) is 0. The van der Waals surface area contributed by atoms with Crippen LogP contribution in [0.5, 0.6) is 0 Å². The number of nitrogens with one attached hydrogen (secondary N) is 2. The minimum Gasteiger partial charge on any atom is -0.480 e. The first-order chi connectivity index (χ1) is 9.50. The van der Waals surface area contributed by atoms with Gasteiger partial charge in [0.2, 0.25) is 0 Å². The smallest absolute Gasteiger partial charge is 0.320 e. The monoisotopic (exact) mass is 278 g/mol. The van der Waals surface area contributed by atoms with Gasteiger partial charge < -0.3 is 15.7 Å². The summed E-state index contributed by atoms with van der Waals surface area (Å²) in [6.45, 7) is 4.79. The topological polar surface area (TPSA) is 78.4 Å². The standard InChI is InChI=1S/C15H22N2O3/c1-11(2)10-13(15(19)20)16-8-9-17-14(18)12-6-4-3-5-7-12/h3-7,11,13,16H,8-10H2,1-2H3,(H,17,18)(H,19,20)/t13-/m0/s1. The Hall–Kier alpha value is -1.88. The Morgan fingerprint density at radius 2 is 1.80 bits per heavy atom. The molecule has 110 valence electrons. The number of aliphatic carboxylic acids is 1. The summed E-state index contributed by atoms with van der Waals surface area (Å²) in [5.41, 5.74) is 0.601. The average molecular weight is 278 g/mol. The molecule has 3 N–H and O–H groups in total. The van der Waals surface area contributed by atoms with Gasteiger partial charge in [0.1, 0.15) is 6.04 Å². The summed E-state index contributed by atoms with van der Waals surface area (Å²) in [6.07, 6.45) is 0.571. The summed E-state index contributed by atoms with van der Waals surface area (Å²) in [6, 6.07) is 8.36. The minimum atomic E-state index is -0.854. The first-order valence-corrected chi connectivity index (χ1v) is 6.80. The summed E-state index contributed by atoms with van der Waals surface area (Å²) in [4.78, 5) is 22.8. The van der Waals surface area contributed by atoms with E-state index < -0.39 is 12.0 Å². The van der Waals surface area contributed by atoms with E-state index in [1.807, 2.05) is 19.9 Å². The fraction of sp³-hybridized carbons (Fsp3) is 0.467. The maximum atomic E-state index is 11.7. The molecule has 0 aliphatic carbocycles. The molecular formula is C15H22N2O3. The van der Waals surface area contributed by atoms with Crippen LogP contribution in [0.2, 0.25) is 0 Å². The Labute approximate surface area is 119 Å². The van der Waals surface area contributed by atoms with Crippen LogP contribution in [0, 0.1) is 5.92 Å². The molecule has 0 aromatic heterocycles. The summed E-state index contributed by atoms with van der Waals surface area (Å²) in [5.74, 6) is -0.696. The zero-order chi connectivity index (χ0) is 15.0. The first kappa shape index (κ1) is 16.2. The molecule has 0 radical (unpaired) electrons. The lowest BCUT2D eigenvalue weighted by Gasteiger charge is -2.16. The molecule has 0 unspecified atom stereocenters. The van der Waals surface area contributed by atoms with Crippen LogP contribution in [0.4, 0.5) is 0 Å². The second-order valence-electron chi connectivity index (χ2n) is 5.10. The van der Waals surface area contributed by atoms with Crippen molar-refractivity contribution in [2.75, 3.05) is 13.1 Å². The molecule has 5 heteroatoms. The van der Waals surface area contributed by atoms with Gasteiger partial charge in [-0.05, 0) is 24.5 Å². The summed E-state index contributed by atoms with van der Waals surface area (Å²) < 4.78 is 0. The second-order valence-corrected chi connectivity index (χ2v) is 5.10. The van der Waals surface area contributed by atoms with Crippen LogP contribution in [0.15, 0.2) is 30.3 Å². The molecule has 0 fully saturated rings. The number of carbonyl (C=O) groups excluding carboxylic acids is 1. The number of rotatable bonds is 8. The molecule has 0 saturated carbocycles. The quantitative estimate of drug-likeness (QED) is 0.630. The third-order valence-electron chi connectivity index (χ3n) is 2.84. The van der Waals surface area contributed by atoms with E-state index in [9.17, 15) is 9.59 Å². The Balaban J connectivity index is 2.30. The van der Waals surface area contributed by atoms with Crippen molar-refractivity contribution in [1.29, 1.82) is 0 Å². The van der Waals surface area contributed by atoms with E-state index in [1.165, 1.54) is 0 Å². The second kappa shape index (κ2) is 8.32. The zero-order valence-electron chi connectivity index (χ0n) is 11.9. The zero-order valence-corrected chi connectivity index (χ0v) is 11.9. The molecule has 1 aromatic carbocycles. The van der Waals surface area contributed by atoms with Gasteiger partial charge in [-0.3, -0.25) is 9.59 Å². The van der Waals surface area contributed by atoms with Gasteiger partial charge >= 0.3 is 5.97 Å². The van der Waals surface area contributed by atoms with Crippen molar-refractivity contribution in [3.63, 3.8) is 0 Å². The van der Waals surface area contributed by atoms with E-state index in [-0.39, 0.29) is 5.91 Å². The lowest BCUT2D eigenvalue weighted by atomic mass is 10.0. The predicted octanol–water partition coefficient (Wildman–Crippen LogP) is 1.51. The van der Waals surface area contributed by atoms with Crippen LogP contribution in [-0.2, 0) is 4.79 Å². The van der Waals surface area contributed by atoms with Crippen molar-refractivity contribution >= 4 is 11.9 Å². The summed E-state index contributed by atoms with van der Waals surface area (Å²) in [5, 5.41) is 14.8. The molecule has 0 aliphatic heterocycles. The largest absolute Gasteiger partial charge is 0.480 e. The Kier molecular flexibility index (Phi) is 6.73. The predicted molar refractivity (Wildman–Crippen MR) is 77.7 cm³/mol. The highest BCUT2D eigenvalue weighted by molar-refractivity contribution is 5.94. The third kappa shape index (κ3) is 5.84. The highest BCUT2D eigenvalue weighted by Gasteiger charge is 2.17. The van der Waals surface area contributed by atoms with E-state index in [1.54, 1.807) is 24.3 Å². The molecule has 0 bridgehead atoms. The minimum absolute atomic E-state index is 0.150. The number of amides is 1. The fourth-order valence-electron chi connectivity index (χ4n) is 1.86. The Morgan fingerprint density at radius 1 is 1.15 bits per heavy atom. The maximum absolute atomic E-state index is 11.7. The SMILES string of the molecule is CC(C)C[C@H](NCCNC(=O)c1ccccc1)C(=O)O. The molecule has 1 amide bonds. The van der Waals surface area contributed by atoms with Crippen molar-refractivity contribution < 1.29 is 14.7 Å². The van der Waals surface area contributed by atoms with E-state index >= 15 is 0 Å². The lowest BCUT2D eigenvalue weighted by molar-refractivity contribution is -0.139. The van der Waals surface area contributed by atoms with Crippen molar-refractivity contribution in [3.8, 4) is 0 Å². The van der Waals surface area contributed by atoms with Gasteiger partial charge in [0, 0.05) is 18.7 Å². The Morgan fingerprint density at radius 3 is 2.35 bits per heavy atom. The van der Waals surface area contributed by atoms with Crippen LogP contribution in [-0.4, -0.2) is 36.1 Å². The normalized spacial score (nSPS) is 12.2. The molecule has 1 aromatic rings. The van der Waals surface area contributed by atoms with Crippen LogP contribution in [0.25, 0.3) is 0 Å². The van der Waals surface area contributed by atoms with E-state index in [2.05, 4.69) is 10.6 Å². The van der Waals surface area contributed by atoms with Crippen LogP contribution < -0.4 is 10.6 Å². The third-order valence-corrected chi connectivity index (χ3v) is 2.84. The lowest BCUT2D eigenvalue weighted by Crippen LogP contribution is -2.42. The maximum Gasteiger partial charge on any atom is 0.320 e.